The van der Waals surface area contributed by atoms with E-state index in [4.69, 9.17) is 5.73 Å². The lowest BCUT2D eigenvalue weighted by Crippen LogP contribution is -2.41. The summed E-state index contributed by atoms with van der Waals surface area (Å²) in [6.07, 6.45) is 3.44. The van der Waals surface area contributed by atoms with Gasteiger partial charge in [-0.1, -0.05) is 0 Å². The third-order valence-corrected chi connectivity index (χ3v) is 3.43. The van der Waals surface area contributed by atoms with Gasteiger partial charge in [0.25, 0.3) is 0 Å². The average molecular weight is 234 g/mol. The van der Waals surface area contributed by atoms with Crippen molar-refractivity contribution in [2.24, 2.45) is 11.7 Å². The number of nitrogens with zero attached hydrogens (tertiary/aromatic N) is 3. The Labute approximate surface area is 101 Å². The van der Waals surface area contributed by atoms with E-state index in [1.807, 2.05) is 13.8 Å². The first-order valence-corrected chi connectivity index (χ1v) is 5.92. The number of hydrogen-bond acceptors (Lipinski definition) is 4. The van der Waals surface area contributed by atoms with Crippen LogP contribution in [0.5, 0.6) is 0 Å². The number of carbonyl (C=O) groups excluding carboxylic acids is 1. The summed E-state index contributed by atoms with van der Waals surface area (Å²) < 4.78 is 0. The van der Waals surface area contributed by atoms with Crippen molar-refractivity contribution < 1.29 is 4.79 Å². The zero-order valence-corrected chi connectivity index (χ0v) is 10.3. The molecule has 1 aliphatic rings. The molecule has 2 heterocycles. The molecule has 0 aromatic carbocycles. The molecule has 1 fully saturated rings. The monoisotopic (exact) mass is 234 g/mol. The number of amides is 1. The lowest BCUT2D eigenvalue weighted by Gasteiger charge is -2.33. The van der Waals surface area contributed by atoms with Gasteiger partial charge in [-0.15, -0.1) is 0 Å². The highest BCUT2D eigenvalue weighted by molar-refractivity contribution is 5.77. The summed E-state index contributed by atoms with van der Waals surface area (Å²) in [5.41, 5.74) is 7.44. The number of aromatic nitrogens is 2. The molecule has 17 heavy (non-hydrogen) atoms. The minimum atomic E-state index is -0.210. The number of piperidine rings is 1. The van der Waals surface area contributed by atoms with Crippen molar-refractivity contribution in [3.63, 3.8) is 0 Å². The van der Waals surface area contributed by atoms with Gasteiger partial charge in [-0.3, -0.25) is 4.79 Å². The van der Waals surface area contributed by atoms with Gasteiger partial charge >= 0.3 is 0 Å². The van der Waals surface area contributed by atoms with Gasteiger partial charge in [0.2, 0.25) is 5.91 Å². The zero-order valence-electron chi connectivity index (χ0n) is 10.3. The predicted molar refractivity (Wildman–Crippen MR) is 65.6 cm³/mol. The highest BCUT2D eigenvalue weighted by atomic mass is 16.1. The first-order valence-electron chi connectivity index (χ1n) is 5.92. The van der Waals surface area contributed by atoms with Crippen molar-refractivity contribution in [2.45, 2.75) is 26.7 Å². The summed E-state index contributed by atoms with van der Waals surface area (Å²) in [4.78, 5) is 21.9. The Morgan fingerprint density at radius 3 is 2.94 bits per heavy atom. The van der Waals surface area contributed by atoms with Crippen LogP contribution in [0.3, 0.4) is 0 Å². The third-order valence-electron chi connectivity index (χ3n) is 3.43. The Morgan fingerprint density at radius 2 is 2.24 bits per heavy atom. The fourth-order valence-corrected chi connectivity index (χ4v) is 2.25. The van der Waals surface area contributed by atoms with Crippen LogP contribution in [-0.4, -0.2) is 29.0 Å². The second-order valence-corrected chi connectivity index (χ2v) is 4.60. The van der Waals surface area contributed by atoms with Crippen molar-refractivity contribution in [3.05, 3.63) is 17.6 Å². The van der Waals surface area contributed by atoms with Gasteiger partial charge < -0.3 is 10.6 Å². The minimum Gasteiger partial charge on any atom is -0.369 e. The van der Waals surface area contributed by atoms with Gasteiger partial charge in [-0.05, 0) is 26.7 Å². The summed E-state index contributed by atoms with van der Waals surface area (Å²) in [6.45, 7) is 5.59. The van der Waals surface area contributed by atoms with Crippen LogP contribution in [0, 0.1) is 19.8 Å². The summed E-state index contributed by atoms with van der Waals surface area (Å²) in [6, 6.07) is 0. The van der Waals surface area contributed by atoms with Crippen LogP contribution in [0.1, 0.15) is 24.1 Å². The Morgan fingerprint density at radius 1 is 1.47 bits per heavy atom. The Kier molecular flexibility index (Phi) is 3.26. The van der Waals surface area contributed by atoms with Crippen LogP contribution in [0.2, 0.25) is 0 Å². The number of carbonyl (C=O) groups is 1. The van der Waals surface area contributed by atoms with Gasteiger partial charge in [0, 0.05) is 24.3 Å². The first kappa shape index (κ1) is 11.8. The van der Waals surface area contributed by atoms with Crippen LogP contribution in [0.15, 0.2) is 6.33 Å². The van der Waals surface area contributed by atoms with Gasteiger partial charge in [0.15, 0.2) is 0 Å². The fourth-order valence-electron chi connectivity index (χ4n) is 2.25. The van der Waals surface area contributed by atoms with E-state index < -0.39 is 0 Å². The predicted octanol–water partition coefficient (Wildman–Crippen LogP) is 0.795. The number of rotatable bonds is 2. The van der Waals surface area contributed by atoms with Crippen LogP contribution >= 0.6 is 0 Å². The molecule has 5 heteroatoms. The normalized spacial score (nSPS) is 20.4. The van der Waals surface area contributed by atoms with Crippen LogP contribution in [0.4, 0.5) is 5.82 Å². The Balaban J connectivity index is 2.22. The number of aryl methyl sites for hydroxylation is 1. The van der Waals surface area contributed by atoms with E-state index in [1.165, 1.54) is 0 Å². The molecule has 0 aliphatic carbocycles. The molecule has 1 saturated heterocycles. The fraction of sp³-hybridized carbons (Fsp3) is 0.583. The van der Waals surface area contributed by atoms with Crippen molar-refractivity contribution in [1.82, 2.24) is 9.97 Å². The molecule has 0 saturated carbocycles. The number of primary amides is 1. The van der Waals surface area contributed by atoms with Crippen LogP contribution < -0.4 is 10.6 Å². The standard InChI is InChI=1S/C12H18N4O/c1-8-9(2)14-7-15-12(8)16-5-3-4-10(6-16)11(13)17/h7,10H,3-6H2,1-2H3,(H2,13,17). The number of anilines is 1. The van der Waals surface area contributed by atoms with Crippen molar-refractivity contribution in [1.29, 1.82) is 0 Å². The second kappa shape index (κ2) is 4.69. The molecular formula is C12H18N4O. The molecule has 92 valence electrons. The lowest BCUT2D eigenvalue weighted by atomic mass is 9.97. The topological polar surface area (TPSA) is 72.1 Å². The van der Waals surface area contributed by atoms with Crippen LogP contribution in [0.25, 0.3) is 0 Å². The largest absolute Gasteiger partial charge is 0.369 e. The second-order valence-electron chi connectivity index (χ2n) is 4.60. The van der Waals surface area contributed by atoms with E-state index in [0.29, 0.717) is 6.54 Å². The van der Waals surface area contributed by atoms with E-state index in [9.17, 15) is 4.79 Å². The molecule has 1 aliphatic heterocycles. The van der Waals surface area contributed by atoms with Crippen LogP contribution in [-0.2, 0) is 4.79 Å². The molecule has 1 aromatic rings. The van der Waals surface area contributed by atoms with Crippen molar-refractivity contribution in [3.8, 4) is 0 Å². The molecule has 1 amide bonds. The van der Waals surface area contributed by atoms with Gasteiger partial charge in [0.1, 0.15) is 12.1 Å². The van der Waals surface area contributed by atoms with E-state index in [0.717, 1.165) is 36.5 Å². The van der Waals surface area contributed by atoms with Gasteiger partial charge in [-0.25, -0.2) is 9.97 Å². The first-order chi connectivity index (χ1) is 8.09. The highest BCUT2D eigenvalue weighted by Crippen LogP contribution is 2.24. The zero-order chi connectivity index (χ0) is 12.4. The molecular weight excluding hydrogens is 216 g/mol. The van der Waals surface area contributed by atoms with E-state index in [2.05, 4.69) is 14.9 Å². The maximum absolute atomic E-state index is 11.2. The molecule has 0 bridgehead atoms. The molecule has 1 unspecified atom stereocenters. The summed E-state index contributed by atoms with van der Waals surface area (Å²) >= 11 is 0. The summed E-state index contributed by atoms with van der Waals surface area (Å²) in [5.74, 6) is 0.667. The minimum absolute atomic E-state index is 0.0570. The molecule has 1 aromatic heterocycles. The molecule has 2 N–H and O–H groups in total. The SMILES string of the molecule is Cc1ncnc(N2CCCC(C(N)=O)C2)c1C. The molecule has 2 rings (SSSR count). The third kappa shape index (κ3) is 2.38. The molecule has 5 nitrogen and oxygen atoms in total. The summed E-state index contributed by atoms with van der Waals surface area (Å²) in [7, 11) is 0. The van der Waals surface area contributed by atoms with Crippen molar-refractivity contribution >= 4 is 11.7 Å². The maximum Gasteiger partial charge on any atom is 0.222 e. The van der Waals surface area contributed by atoms with Crippen molar-refractivity contribution in [2.75, 3.05) is 18.0 Å². The lowest BCUT2D eigenvalue weighted by molar-refractivity contribution is -0.122. The number of nitrogens with two attached hydrogens (primary N) is 1. The maximum atomic E-state index is 11.2. The molecule has 0 radical (unpaired) electrons. The molecule has 0 spiro atoms. The Hall–Kier alpha value is -1.65. The quantitative estimate of drug-likeness (QED) is 0.821. The number of hydrogen-bond donors (Lipinski definition) is 1. The highest BCUT2D eigenvalue weighted by Gasteiger charge is 2.25. The van der Waals surface area contributed by atoms with E-state index >= 15 is 0 Å². The van der Waals surface area contributed by atoms with Gasteiger partial charge in [0.05, 0.1) is 5.92 Å². The summed E-state index contributed by atoms with van der Waals surface area (Å²) in [5, 5.41) is 0. The van der Waals surface area contributed by atoms with E-state index in [-0.39, 0.29) is 11.8 Å². The smallest absolute Gasteiger partial charge is 0.222 e. The van der Waals surface area contributed by atoms with E-state index in [1.54, 1.807) is 6.33 Å². The molecule has 1 atom stereocenters. The van der Waals surface area contributed by atoms with Gasteiger partial charge in [-0.2, -0.15) is 0 Å². The Bertz CT molecular complexity index is 433. The average Bonchev–Trinajstić information content (AvgIpc) is 2.33.